The number of nitrogens with one attached hydrogen (secondary N) is 1. The lowest BCUT2D eigenvalue weighted by Crippen LogP contribution is -2.38. The molecule has 2 atom stereocenters. The van der Waals surface area contributed by atoms with Gasteiger partial charge in [0.15, 0.2) is 0 Å². The average Bonchev–Trinajstić information content (AvgIpc) is 3.32. The van der Waals surface area contributed by atoms with E-state index in [0.717, 1.165) is 12.8 Å². The summed E-state index contributed by atoms with van der Waals surface area (Å²) in [6.07, 6.45) is 3.77. The zero-order valence-electron chi connectivity index (χ0n) is 14.1. The topological polar surface area (TPSA) is 82.8 Å². The number of carbonyl (C=O) groups is 2. The summed E-state index contributed by atoms with van der Waals surface area (Å²) in [7, 11) is 0. The number of rotatable bonds is 3. The van der Waals surface area contributed by atoms with Gasteiger partial charge in [-0.1, -0.05) is 6.42 Å². The van der Waals surface area contributed by atoms with E-state index >= 15 is 0 Å². The Labute approximate surface area is 149 Å². The fourth-order valence-electron chi connectivity index (χ4n) is 4.20. The molecule has 26 heavy (non-hydrogen) atoms. The number of amides is 2. The van der Waals surface area contributed by atoms with Crippen molar-refractivity contribution >= 4 is 17.7 Å². The molecule has 1 aliphatic carbocycles. The Morgan fingerprint density at radius 3 is 2.85 bits per heavy atom. The Morgan fingerprint density at radius 1 is 1.35 bits per heavy atom. The van der Waals surface area contributed by atoms with Gasteiger partial charge in [0.25, 0.3) is 0 Å². The number of nitrogens with zero attached hydrogens (tertiary/aromatic N) is 1. The quantitative estimate of drug-likeness (QED) is 0.874. The molecule has 0 spiro atoms. The van der Waals surface area contributed by atoms with E-state index in [4.69, 9.17) is 4.42 Å². The number of likely N-dealkylation sites (tertiary alicyclic amines) is 1. The number of aliphatic carboxylic acids is 1. The minimum Gasteiger partial charge on any atom is -0.481 e. The van der Waals surface area contributed by atoms with E-state index in [-0.39, 0.29) is 18.2 Å². The van der Waals surface area contributed by atoms with Crippen molar-refractivity contribution < 1.29 is 23.5 Å². The largest absolute Gasteiger partial charge is 0.481 e. The maximum atomic E-state index is 14.4. The zero-order chi connectivity index (χ0) is 18.3. The maximum Gasteiger partial charge on any atom is 0.321 e. The molecule has 2 aliphatic rings. The monoisotopic (exact) mass is 358 g/mol. The molecule has 6 nitrogen and oxygen atoms in total. The first-order valence-corrected chi connectivity index (χ1v) is 8.62. The Balaban J connectivity index is 1.48. The van der Waals surface area contributed by atoms with Crippen molar-refractivity contribution in [2.75, 3.05) is 18.4 Å². The summed E-state index contributed by atoms with van der Waals surface area (Å²) in [6.45, 7) is 0.565. The third kappa shape index (κ3) is 2.64. The van der Waals surface area contributed by atoms with Crippen LogP contribution in [-0.2, 0) is 4.79 Å². The predicted molar refractivity (Wildman–Crippen MR) is 92.1 cm³/mol. The Kier molecular flexibility index (Phi) is 3.94. The molecule has 1 aliphatic heterocycles. The minimum atomic E-state index is -0.848. The molecule has 0 radical (unpaired) electrons. The molecule has 2 heterocycles. The molecule has 7 heteroatoms. The number of hydrogen-bond donors (Lipinski definition) is 2. The molecule has 0 unspecified atom stereocenters. The van der Waals surface area contributed by atoms with E-state index in [1.54, 1.807) is 18.2 Å². The van der Waals surface area contributed by atoms with Crippen LogP contribution >= 0.6 is 0 Å². The Bertz CT molecular complexity index is 851. The fraction of sp³-hybridized carbons (Fsp3) is 0.368. The first kappa shape index (κ1) is 16.6. The number of carboxylic acid groups (broad SMARTS) is 1. The van der Waals surface area contributed by atoms with Gasteiger partial charge >= 0.3 is 12.0 Å². The van der Waals surface area contributed by atoms with Crippen molar-refractivity contribution in [3.05, 3.63) is 42.4 Å². The molecule has 0 bridgehead atoms. The number of halogens is 1. The van der Waals surface area contributed by atoms with Crippen LogP contribution in [0.2, 0.25) is 0 Å². The van der Waals surface area contributed by atoms with Crippen LogP contribution in [0.25, 0.3) is 11.3 Å². The molecule has 136 valence electrons. The number of furan rings is 1. The van der Waals surface area contributed by atoms with Gasteiger partial charge in [0, 0.05) is 18.7 Å². The van der Waals surface area contributed by atoms with Crippen molar-refractivity contribution in [2.45, 2.75) is 19.3 Å². The highest BCUT2D eigenvalue weighted by atomic mass is 19.1. The summed E-state index contributed by atoms with van der Waals surface area (Å²) in [4.78, 5) is 25.7. The van der Waals surface area contributed by atoms with Gasteiger partial charge in [0.1, 0.15) is 11.6 Å². The number of hydrogen-bond acceptors (Lipinski definition) is 3. The molecule has 2 fully saturated rings. The molecular weight excluding hydrogens is 339 g/mol. The van der Waals surface area contributed by atoms with E-state index < -0.39 is 23.2 Å². The molecule has 1 saturated heterocycles. The summed E-state index contributed by atoms with van der Waals surface area (Å²) in [5.41, 5.74) is -0.211. The van der Waals surface area contributed by atoms with Gasteiger partial charge in [-0.05, 0) is 49.1 Å². The van der Waals surface area contributed by atoms with Crippen LogP contribution in [0.15, 0.2) is 41.0 Å². The lowest BCUT2D eigenvalue weighted by molar-refractivity contribution is -0.149. The predicted octanol–water partition coefficient (Wildman–Crippen LogP) is 3.80. The highest BCUT2D eigenvalue weighted by Crippen LogP contribution is 2.49. The summed E-state index contributed by atoms with van der Waals surface area (Å²) in [6, 6.07) is 7.41. The van der Waals surface area contributed by atoms with Crippen molar-refractivity contribution in [1.29, 1.82) is 0 Å². The summed E-state index contributed by atoms with van der Waals surface area (Å²) >= 11 is 0. The van der Waals surface area contributed by atoms with Crippen LogP contribution in [0.5, 0.6) is 0 Å². The number of benzene rings is 1. The van der Waals surface area contributed by atoms with Gasteiger partial charge < -0.3 is 19.7 Å². The number of carbonyl (C=O) groups excluding carboxylic acids is 1. The number of anilines is 1. The molecule has 1 aromatic carbocycles. The van der Waals surface area contributed by atoms with Gasteiger partial charge in [-0.3, -0.25) is 4.79 Å². The van der Waals surface area contributed by atoms with Crippen molar-refractivity contribution in [1.82, 2.24) is 4.90 Å². The molecule has 2 amide bonds. The minimum absolute atomic E-state index is 0.0306. The van der Waals surface area contributed by atoms with Gasteiger partial charge in [0.2, 0.25) is 0 Å². The van der Waals surface area contributed by atoms with E-state index in [9.17, 15) is 19.1 Å². The number of carboxylic acids is 1. The zero-order valence-corrected chi connectivity index (χ0v) is 14.1. The SMILES string of the molecule is O=C(Nc1ccc(-c2ccco2)cc1F)N1C[C@@H]2CCC[C@@]2(C(=O)O)C1. The first-order valence-electron chi connectivity index (χ1n) is 8.62. The molecule has 1 saturated carbocycles. The second-order valence-corrected chi connectivity index (χ2v) is 7.03. The highest BCUT2D eigenvalue weighted by molar-refractivity contribution is 5.91. The summed E-state index contributed by atoms with van der Waals surface area (Å²) in [5.74, 6) is -0.904. The third-order valence-electron chi connectivity index (χ3n) is 5.60. The fourth-order valence-corrected chi connectivity index (χ4v) is 4.20. The van der Waals surface area contributed by atoms with Gasteiger partial charge in [-0.2, -0.15) is 0 Å². The molecule has 2 aromatic rings. The smallest absolute Gasteiger partial charge is 0.321 e. The molecule has 1 aromatic heterocycles. The van der Waals surface area contributed by atoms with E-state index in [2.05, 4.69) is 5.32 Å². The summed E-state index contributed by atoms with van der Waals surface area (Å²) < 4.78 is 19.6. The maximum absolute atomic E-state index is 14.4. The van der Waals surface area contributed by atoms with Crippen LogP contribution in [0, 0.1) is 17.2 Å². The van der Waals surface area contributed by atoms with Crippen molar-refractivity contribution in [2.24, 2.45) is 11.3 Å². The second-order valence-electron chi connectivity index (χ2n) is 7.03. The third-order valence-corrected chi connectivity index (χ3v) is 5.60. The lowest BCUT2D eigenvalue weighted by Gasteiger charge is -2.23. The van der Waals surface area contributed by atoms with Crippen LogP contribution in [0.3, 0.4) is 0 Å². The van der Waals surface area contributed by atoms with E-state index in [1.807, 2.05) is 0 Å². The van der Waals surface area contributed by atoms with E-state index in [0.29, 0.717) is 24.3 Å². The van der Waals surface area contributed by atoms with Crippen molar-refractivity contribution in [3.63, 3.8) is 0 Å². The average molecular weight is 358 g/mol. The molecule has 4 rings (SSSR count). The van der Waals surface area contributed by atoms with Gasteiger partial charge in [0.05, 0.1) is 17.4 Å². The Hall–Kier alpha value is -2.83. The molecular formula is C19H19FN2O4. The van der Waals surface area contributed by atoms with Gasteiger partial charge in [-0.15, -0.1) is 0 Å². The molecule has 2 N–H and O–H groups in total. The van der Waals surface area contributed by atoms with Crippen LogP contribution < -0.4 is 5.32 Å². The number of fused-ring (bicyclic) bond motifs is 1. The standard InChI is InChI=1S/C19H19FN2O4/c20-14-9-12(16-4-2-8-26-16)5-6-15(14)21-18(25)22-10-13-3-1-7-19(13,11-22)17(23)24/h2,4-6,8-9,13H,1,3,7,10-11H2,(H,21,25)(H,23,24)/t13-,19+/m0/s1. The number of urea groups is 1. The van der Waals surface area contributed by atoms with Gasteiger partial charge in [-0.25, -0.2) is 9.18 Å². The second kappa shape index (κ2) is 6.16. The Morgan fingerprint density at radius 2 is 2.19 bits per heavy atom. The van der Waals surface area contributed by atoms with Crippen LogP contribution in [-0.4, -0.2) is 35.1 Å². The van der Waals surface area contributed by atoms with Crippen molar-refractivity contribution in [3.8, 4) is 11.3 Å². The van der Waals surface area contributed by atoms with E-state index in [1.165, 1.54) is 23.3 Å². The normalized spacial score (nSPS) is 24.5. The lowest BCUT2D eigenvalue weighted by atomic mass is 9.81. The van der Waals surface area contributed by atoms with Crippen LogP contribution in [0.1, 0.15) is 19.3 Å². The highest BCUT2D eigenvalue weighted by Gasteiger charge is 2.55. The van der Waals surface area contributed by atoms with Crippen LogP contribution in [0.4, 0.5) is 14.9 Å². The first-order chi connectivity index (χ1) is 12.5. The summed E-state index contributed by atoms with van der Waals surface area (Å²) in [5, 5.41) is 12.2.